The summed E-state index contributed by atoms with van der Waals surface area (Å²) in [6.07, 6.45) is 1.21. The molecule has 2 N–H and O–H groups in total. The lowest BCUT2D eigenvalue weighted by atomic mass is 10.1. The third kappa shape index (κ3) is 3.26. The number of nitrogens with zero attached hydrogens (tertiary/aromatic N) is 3. The SMILES string of the molecule is Cc1ccc(-c2nnc(SCC3=CC(=O)C(=O)CO3)n2N)cc1. The monoisotopic (exact) mass is 330 g/mol. The fourth-order valence-corrected chi connectivity index (χ4v) is 2.75. The Morgan fingerprint density at radius 1 is 1.26 bits per heavy atom. The van der Waals surface area contributed by atoms with Crippen LogP contribution < -0.4 is 5.84 Å². The molecule has 0 amide bonds. The number of nitrogen functional groups attached to an aromatic ring is 1. The summed E-state index contributed by atoms with van der Waals surface area (Å²) in [5, 5.41) is 8.64. The van der Waals surface area contributed by atoms with Crippen LogP contribution in [0, 0.1) is 6.92 Å². The summed E-state index contributed by atoms with van der Waals surface area (Å²) in [4.78, 5) is 22.4. The van der Waals surface area contributed by atoms with Gasteiger partial charge in [-0.25, -0.2) is 4.68 Å². The molecule has 0 atom stereocenters. The Morgan fingerprint density at radius 2 is 2.00 bits per heavy atom. The molecule has 23 heavy (non-hydrogen) atoms. The summed E-state index contributed by atoms with van der Waals surface area (Å²) in [5.41, 5.74) is 2.01. The van der Waals surface area contributed by atoms with Gasteiger partial charge in [-0.1, -0.05) is 41.6 Å². The summed E-state index contributed by atoms with van der Waals surface area (Å²) in [6.45, 7) is 1.79. The van der Waals surface area contributed by atoms with E-state index in [0.717, 1.165) is 11.1 Å². The van der Waals surface area contributed by atoms with E-state index in [1.165, 1.54) is 22.5 Å². The zero-order chi connectivity index (χ0) is 16.4. The molecule has 0 aliphatic carbocycles. The van der Waals surface area contributed by atoms with Gasteiger partial charge in [-0.3, -0.25) is 9.59 Å². The van der Waals surface area contributed by atoms with Crippen molar-refractivity contribution < 1.29 is 14.3 Å². The van der Waals surface area contributed by atoms with Gasteiger partial charge in [0.1, 0.15) is 5.76 Å². The Bertz CT molecular complexity index is 796. The zero-order valence-corrected chi connectivity index (χ0v) is 13.2. The van der Waals surface area contributed by atoms with Crippen molar-refractivity contribution in [3.05, 3.63) is 41.7 Å². The molecule has 0 saturated heterocycles. The molecule has 1 aliphatic rings. The van der Waals surface area contributed by atoms with Crippen LogP contribution >= 0.6 is 11.8 Å². The van der Waals surface area contributed by atoms with Gasteiger partial charge < -0.3 is 10.6 Å². The molecule has 0 saturated carbocycles. The first kappa shape index (κ1) is 15.3. The van der Waals surface area contributed by atoms with Crippen LogP contribution in [0.1, 0.15) is 5.56 Å². The minimum absolute atomic E-state index is 0.213. The van der Waals surface area contributed by atoms with Crippen LogP contribution in [0.2, 0.25) is 0 Å². The molecule has 2 heterocycles. The van der Waals surface area contributed by atoms with Crippen molar-refractivity contribution in [1.82, 2.24) is 14.9 Å². The molecular weight excluding hydrogens is 316 g/mol. The number of ketones is 2. The van der Waals surface area contributed by atoms with Crippen molar-refractivity contribution in [3.8, 4) is 11.4 Å². The highest BCUT2D eigenvalue weighted by Crippen LogP contribution is 2.24. The van der Waals surface area contributed by atoms with Crippen molar-refractivity contribution >= 4 is 23.3 Å². The lowest BCUT2D eigenvalue weighted by Gasteiger charge is -2.12. The quantitative estimate of drug-likeness (QED) is 0.509. The smallest absolute Gasteiger partial charge is 0.240 e. The predicted molar refractivity (Wildman–Crippen MR) is 85.1 cm³/mol. The van der Waals surface area contributed by atoms with Gasteiger partial charge in [-0.15, -0.1) is 10.2 Å². The molecule has 3 rings (SSSR count). The second-order valence-corrected chi connectivity index (χ2v) is 5.96. The first-order valence-electron chi connectivity index (χ1n) is 6.85. The number of thioether (sulfide) groups is 1. The highest BCUT2D eigenvalue weighted by Gasteiger charge is 2.21. The van der Waals surface area contributed by atoms with E-state index in [9.17, 15) is 9.59 Å². The Kier molecular flexibility index (Phi) is 4.16. The van der Waals surface area contributed by atoms with Crippen LogP contribution in [0.15, 0.2) is 41.3 Å². The van der Waals surface area contributed by atoms with Crippen LogP contribution in [-0.2, 0) is 14.3 Å². The van der Waals surface area contributed by atoms with E-state index in [1.54, 1.807) is 0 Å². The largest absolute Gasteiger partial charge is 0.489 e. The van der Waals surface area contributed by atoms with Crippen molar-refractivity contribution in [3.63, 3.8) is 0 Å². The first-order valence-corrected chi connectivity index (χ1v) is 7.84. The fourth-order valence-electron chi connectivity index (χ4n) is 1.99. The highest BCUT2D eigenvalue weighted by atomic mass is 32.2. The summed E-state index contributed by atoms with van der Waals surface area (Å²) >= 11 is 1.28. The van der Waals surface area contributed by atoms with E-state index in [1.807, 2.05) is 31.2 Å². The fraction of sp³-hybridized carbons (Fsp3) is 0.200. The molecule has 1 aliphatic heterocycles. The third-order valence-corrected chi connectivity index (χ3v) is 4.24. The van der Waals surface area contributed by atoms with Crippen LogP contribution in [0.3, 0.4) is 0 Å². The number of hydrogen-bond donors (Lipinski definition) is 1. The van der Waals surface area contributed by atoms with Gasteiger partial charge in [-0.05, 0) is 6.92 Å². The Morgan fingerprint density at radius 3 is 2.70 bits per heavy atom. The third-order valence-electron chi connectivity index (χ3n) is 3.27. The number of nitrogens with two attached hydrogens (primary N) is 1. The van der Waals surface area contributed by atoms with E-state index in [2.05, 4.69) is 10.2 Å². The molecule has 8 heteroatoms. The van der Waals surface area contributed by atoms with Crippen LogP contribution in [0.5, 0.6) is 0 Å². The molecular formula is C15H14N4O3S. The van der Waals surface area contributed by atoms with Crippen LogP contribution in [0.25, 0.3) is 11.4 Å². The Labute approximate surface area is 136 Å². The van der Waals surface area contributed by atoms with Gasteiger partial charge >= 0.3 is 0 Å². The molecule has 0 fully saturated rings. The van der Waals surface area contributed by atoms with E-state index in [0.29, 0.717) is 22.5 Å². The minimum Gasteiger partial charge on any atom is -0.489 e. The van der Waals surface area contributed by atoms with Gasteiger partial charge in [0.05, 0.1) is 5.75 Å². The van der Waals surface area contributed by atoms with Crippen molar-refractivity contribution in [1.29, 1.82) is 0 Å². The molecule has 7 nitrogen and oxygen atoms in total. The van der Waals surface area contributed by atoms with E-state index >= 15 is 0 Å². The van der Waals surface area contributed by atoms with Gasteiger partial charge in [0, 0.05) is 11.6 Å². The maximum atomic E-state index is 11.3. The van der Waals surface area contributed by atoms with Gasteiger partial charge in [-0.2, -0.15) is 0 Å². The summed E-state index contributed by atoms with van der Waals surface area (Å²) in [7, 11) is 0. The average molecular weight is 330 g/mol. The molecule has 0 bridgehead atoms. The number of benzene rings is 1. The maximum absolute atomic E-state index is 11.3. The van der Waals surface area contributed by atoms with Crippen LogP contribution in [-0.4, -0.2) is 38.8 Å². The molecule has 0 radical (unpaired) electrons. The normalized spacial score (nSPS) is 14.6. The lowest BCUT2D eigenvalue weighted by Crippen LogP contribution is -2.23. The standard InChI is InChI=1S/C15H14N4O3S/c1-9-2-4-10(5-3-9)14-17-18-15(19(14)16)23-8-11-6-12(20)13(21)7-22-11/h2-6H,7-8,16H2,1H3. The van der Waals surface area contributed by atoms with Crippen molar-refractivity contribution in [2.75, 3.05) is 18.2 Å². The number of allylic oxidation sites excluding steroid dienone is 1. The number of carbonyl (C=O) groups is 2. The molecule has 1 aromatic heterocycles. The summed E-state index contributed by atoms with van der Waals surface area (Å²) < 4.78 is 6.59. The number of rotatable bonds is 4. The number of aromatic nitrogens is 3. The van der Waals surface area contributed by atoms with E-state index in [-0.39, 0.29) is 6.61 Å². The number of carbonyl (C=O) groups excluding carboxylic acids is 2. The van der Waals surface area contributed by atoms with E-state index in [4.69, 9.17) is 10.6 Å². The van der Waals surface area contributed by atoms with Gasteiger partial charge in [0.2, 0.25) is 16.7 Å². The van der Waals surface area contributed by atoms with Crippen LogP contribution in [0.4, 0.5) is 0 Å². The second kappa shape index (κ2) is 6.25. The Balaban J connectivity index is 1.73. The zero-order valence-electron chi connectivity index (χ0n) is 12.4. The Hall–Kier alpha value is -2.61. The topological polar surface area (TPSA) is 100 Å². The molecule has 2 aromatic rings. The summed E-state index contributed by atoms with van der Waals surface area (Å²) in [6, 6.07) is 7.79. The number of aryl methyl sites for hydroxylation is 1. The maximum Gasteiger partial charge on any atom is 0.240 e. The van der Waals surface area contributed by atoms with Crippen molar-refractivity contribution in [2.24, 2.45) is 0 Å². The van der Waals surface area contributed by atoms with Crippen molar-refractivity contribution in [2.45, 2.75) is 12.1 Å². The van der Waals surface area contributed by atoms with E-state index < -0.39 is 11.6 Å². The summed E-state index contributed by atoms with van der Waals surface area (Å²) in [5.74, 6) is 6.28. The highest BCUT2D eigenvalue weighted by molar-refractivity contribution is 7.99. The molecule has 1 aromatic carbocycles. The molecule has 118 valence electrons. The predicted octanol–water partition coefficient (Wildman–Crippen LogP) is 1.11. The van der Waals surface area contributed by atoms with Gasteiger partial charge in [0.25, 0.3) is 0 Å². The second-order valence-electron chi connectivity index (χ2n) is 5.02. The van der Waals surface area contributed by atoms with Gasteiger partial charge in [0.15, 0.2) is 12.4 Å². The average Bonchev–Trinajstić information content (AvgIpc) is 2.90. The number of ether oxygens (including phenoxy) is 1. The minimum atomic E-state index is -0.540. The number of hydrogen-bond acceptors (Lipinski definition) is 7. The lowest BCUT2D eigenvalue weighted by molar-refractivity contribution is -0.137. The first-order chi connectivity index (χ1) is 11.0. The molecule has 0 spiro atoms. The molecule has 0 unspecified atom stereocenters. The number of Topliss-reactive ketones (excluding diaryl/α,β-unsaturated/α-hetero) is 1.